The summed E-state index contributed by atoms with van der Waals surface area (Å²) in [7, 11) is 0. The number of carboxylic acid groups (broad SMARTS) is 1. The molecule has 1 aromatic heterocycles. The van der Waals surface area contributed by atoms with E-state index in [-0.39, 0.29) is 11.1 Å². The lowest BCUT2D eigenvalue weighted by Gasteiger charge is -2.24. The quantitative estimate of drug-likeness (QED) is 0.762. The second-order valence-electron chi connectivity index (χ2n) is 5.31. The number of pyridine rings is 1. The van der Waals surface area contributed by atoms with Crippen molar-refractivity contribution in [3.05, 3.63) is 17.8 Å². The second-order valence-corrected chi connectivity index (χ2v) is 5.31. The van der Waals surface area contributed by atoms with Gasteiger partial charge in [0.25, 0.3) is 0 Å². The summed E-state index contributed by atoms with van der Waals surface area (Å²) in [5.74, 6) is -0.562. The van der Waals surface area contributed by atoms with E-state index < -0.39 is 5.97 Å². The molecule has 0 atom stereocenters. The van der Waals surface area contributed by atoms with E-state index in [4.69, 9.17) is 10.8 Å². The fourth-order valence-corrected chi connectivity index (χ4v) is 2.43. The summed E-state index contributed by atoms with van der Waals surface area (Å²) < 4.78 is 0. The van der Waals surface area contributed by atoms with Crippen molar-refractivity contribution in [2.75, 3.05) is 17.6 Å². The molecule has 1 saturated carbocycles. The largest absolute Gasteiger partial charge is 0.477 e. The van der Waals surface area contributed by atoms with Crippen LogP contribution in [0.4, 0.5) is 11.5 Å². The first-order valence-corrected chi connectivity index (χ1v) is 6.24. The molecule has 0 aromatic carbocycles. The summed E-state index contributed by atoms with van der Waals surface area (Å²) in [6, 6.07) is 3.00. The molecule has 0 bridgehead atoms. The number of carbonyl (C=O) groups is 1. The van der Waals surface area contributed by atoms with Crippen LogP contribution in [0.5, 0.6) is 0 Å². The third-order valence-electron chi connectivity index (χ3n) is 3.64. The molecule has 0 amide bonds. The lowest BCUT2D eigenvalue weighted by Crippen LogP contribution is -2.24. The van der Waals surface area contributed by atoms with Gasteiger partial charge >= 0.3 is 5.97 Å². The standard InChI is InChI=1S/C13H19N3O2/c1-13(6-2-3-7-13)8-15-11-9(14)4-5-10(16-11)12(17)18/h4-5H,2-3,6-8,14H2,1H3,(H,15,16)(H,17,18). The van der Waals surface area contributed by atoms with Crippen LogP contribution in [0, 0.1) is 5.41 Å². The molecule has 0 spiro atoms. The Morgan fingerprint density at radius 1 is 1.50 bits per heavy atom. The van der Waals surface area contributed by atoms with Crippen LogP contribution >= 0.6 is 0 Å². The van der Waals surface area contributed by atoms with Crippen molar-refractivity contribution >= 4 is 17.5 Å². The Bertz CT molecular complexity index is 454. The summed E-state index contributed by atoms with van der Waals surface area (Å²) >= 11 is 0. The van der Waals surface area contributed by atoms with Gasteiger partial charge in [-0.2, -0.15) is 0 Å². The number of nitrogens with zero attached hydrogens (tertiary/aromatic N) is 1. The van der Waals surface area contributed by atoms with E-state index >= 15 is 0 Å². The number of aromatic carboxylic acids is 1. The van der Waals surface area contributed by atoms with E-state index in [1.54, 1.807) is 6.07 Å². The monoisotopic (exact) mass is 249 g/mol. The van der Waals surface area contributed by atoms with Gasteiger partial charge in [-0.1, -0.05) is 19.8 Å². The van der Waals surface area contributed by atoms with Crippen LogP contribution in [0.2, 0.25) is 0 Å². The average molecular weight is 249 g/mol. The van der Waals surface area contributed by atoms with Crippen molar-refractivity contribution in [3.8, 4) is 0 Å². The predicted molar refractivity (Wildman–Crippen MR) is 70.7 cm³/mol. The molecule has 98 valence electrons. The molecule has 1 aromatic rings. The van der Waals surface area contributed by atoms with Crippen LogP contribution in [-0.2, 0) is 0 Å². The molecule has 5 heteroatoms. The van der Waals surface area contributed by atoms with Crippen LogP contribution in [0.25, 0.3) is 0 Å². The second kappa shape index (κ2) is 4.84. The predicted octanol–water partition coefficient (Wildman–Crippen LogP) is 2.35. The first kappa shape index (κ1) is 12.7. The Kier molecular flexibility index (Phi) is 3.41. The minimum Gasteiger partial charge on any atom is -0.477 e. The van der Waals surface area contributed by atoms with Crippen molar-refractivity contribution in [1.29, 1.82) is 0 Å². The molecule has 1 aliphatic carbocycles. The number of anilines is 2. The maximum atomic E-state index is 10.9. The molecular weight excluding hydrogens is 230 g/mol. The van der Waals surface area contributed by atoms with E-state index in [1.165, 1.54) is 31.7 Å². The summed E-state index contributed by atoms with van der Waals surface area (Å²) in [5.41, 5.74) is 6.58. The molecule has 0 radical (unpaired) electrons. The van der Waals surface area contributed by atoms with E-state index in [0.29, 0.717) is 11.5 Å². The molecule has 5 nitrogen and oxygen atoms in total. The highest BCUT2D eigenvalue weighted by Crippen LogP contribution is 2.37. The highest BCUT2D eigenvalue weighted by atomic mass is 16.4. The molecule has 4 N–H and O–H groups in total. The van der Waals surface area contributed by atoms with Crippen LogP contribution in [0.15, 0.2) is 12.1 Å². The van der Waals surface area contributed by atoms with Gasteiger partial charge in [0.1, 0.15) is 5.82 Å². The van der Waals surface area contributed by atoms with Crippen LogP contribution in [0.1, 0.15) is 43.1 Å². The molecule has 0 aliphatic heterocycles. The number of nitrogen functional groups attached to an aromatic ring is 1. The smallest absolute Gasteiger partial charge is 0.354 e. The number of carboxylic acids is 1. The van der Waals surface area contributed by atoms with Gasteiger partial charge in [-0.3, -0.25) is 0 Å². The fraction of sp³-hybridized carbons (Fsp3) is 0.538. The van der Waals surface area contributed by atoms with Gasteiger partial charge in [0.15, 0.2) is 5.69 Å². The third kappa shape index (κ3) is 2.72. The Labute approximate surface area is 106 Å². The van der Waals surface area contributed by atoms with Gasteiger partial charge in [-0.15, -0.1) is 0 Å². The summed E-state index contributed by atoms with van der Waals surface area (Å²) in [6.45, 7) is 3.03. The molecule has 1 aliphatic rings. The zero-order chi connectivity index (χ0) is 13.2. The third-order valence-corrected chi connectivity index (χ3v) is 3.64. The molecule has 0 saturated heterocycles. The topological polar surface area (TPSA) is 88.2 Å². The first-order chi connectivity index (χ1) is 8.50. The van der Waals surface area contributed by atoms with Crippen LogP contribution < -0.4 is 11.1 Å². The molecule has 2 rings (SSSR count). The number of rotatable bonds is 4. The van der Waals surface area contributed by atoms with Gasteiger partial charge in [0, 0.05) is 6.54 Å². The van der Waals surface area contributed by atoms with E-state index in [2.05, 4.69) is 17.2 Å². The Morgan fingerprint density at radius 3 is 2.78 bits per heavy atom. The highest BCUT2D eigenvalue weighted by Gasteiger charge is 2.28. The van der Waals surface area contributed by atoms with E-state index in [0.717, 1.165) is 6.54 Å². The number of nitrogens with two attached hydrogens (primary N) is 1. The lowest BCUT2D eigenvalue weighted by atomic mass is 9.89. The molecule has 1 heterocycles. The van der Waals surface area contributed by atoms with E-state index in [1.807, 2.05) is 0 Å². The lowest BCUT2D eigenvalue weighted by molar-refractivity contribution is 0.0690. The Morgan fingerprint density at radius 2 is 2.17 bits per heavy atom. The number of hydrogen-bond donors (Lipinski definition) is 3. The van der Waals surface area contributed by atoms with Gasteiger partial charge in [-0.25, -0.2) is 9.78 Å². The minimum atomic E-state index is -1.04. The number of aromatic nitrogens is 1. The summed E-state index contributed by atoms with van der Waals surface area (Å²) in [5, 5.41) is 12.1. The summed E-state index contributed by atoms with van der Waals surface area (Å²) in [6.07, 6.45) is 4.91. The first-order valence-electron chi connectivity index (χ1n) is 6.24. The fourth-order valence-electron chi connectivity index (χ4n) is 2.43. The number of nitrogens with one attached hydrogen (secondary N) is 1. The molecule has 0 unspecified atom stereocenters. The van der Waals surface area contributed by atoms with Crippen LogP contribution in [0.3, 0.4) is 0 Å². The molecule has 1 fully saturated rings. The van der Waals surface area contributed by atoms with Gasteiger partial charge in [-0.05, 0) is 30.4 Å². The van der Waals surface area contributed by atoms with Crippen molar-refractivity contribution in [2.24, 2.45) is 5.41 Å². The maximum Gasteiger partial charge on any atom is 0.354 e. The van der Waals surface area contributed by atoms with Crippen molar-refractivity contribution in [3.63, 3.8) is 0 Å². The summed E-state index contributed by atoms with van der Waals surface area (Å²) in [4.78, 5) is 14.9. The maximum absolute atomic E-state index is 10.9. The van der Waals surface area contributed by atoms with Crippen molar-refractivity contribution < 1.29 is 9.90 Å². The SMILES string of the molecule is CC1(CNc2nc(C(=O)O)ccc2N)CCCC1. The normalized spacial score (nSPS) is 17.6. The molecule has 18 heavy (non-hydrogen) atoms. The highest BCUT2D eigenvalue weighted by molar-refractivity contribution is 5.86. The van der Waals surface area contributed by atoms with Gasteiger partial charge in [0.05, 0.1) is 5.69 Å². The van der Waals surface area contributed by atoms with Gasteiger partial charge in [0.2, 0.25) is 0 Å². The number of hydrogen-bond acceptors (Lipinski definition) is 4. The van der Waals surface area contributed by atoms with E-state index in [9.17, 15) is 4.79 Å². The zero-order valence-electron chi connectivity index (χ0n) is 10.6. The van der Waals surface area contributed by atoms with Crippen LogP contribution in [-0.4, -0.2) is 22.6 Å². The van der Waals surface area contributed by atoms with Gasteiger partial charge < -0.3 is 16.2 Å². The van der Waals surface area contributed by atoms with Crippen molar-refractivity contribution in [1.82, 2.24) is 4.98 Å². The molecular formula is C13H19N3O2. The zero-order valence-corrected chi connectivity index (χ0v) is 10.6. The minimum absolute atomic E-state index is 0.0169. The van der Waals surface area contributed by atoms with Crippen molar-refractivity contribution in [2.45, 2.75) is 32.6 Å². The Hall–Kier alpha value is -1.78. The average Bonchev–Trinajstić information content (AvgIpc) is 2.75. The Balaban J connectivity index is 2.08.